The number of hydrogen-bond acceptors (Lipinski definition) is 6. The molecule has 0 saturated heterocycles. The number of nitrogens with one attached hydrogen (secondary N) is 2. The Morgan fingerprint density at radius 1 is 1.06 bits per heavy atom. The van der Waals surface area contributed by atoms with Gasteiger partial charge in [-0.1, -0.05) is 32.0 Å². The fourth-order valence-electron chi connectivity index (χ4n) is 2.67. The van der Waals surface area contributed by atoms with Crippen molar-refractivity contribution in [1.82, 2.24) is 15.2 Å². The molecule has 2 aromatic carbocycles. The monoisotopic (exact) mass is 460 g/mol. The second-order valence-corrected chi connectivity index (χ2v) is 8.10. The van der Waals surface area contributed by atoms with Crippen molar-refractivity contribution in [3.8, 4) is 17.6 Å². The van der Waals surface area contributed by atoms with Crippen molar-refractivity contribution in [2.24, 2.45) is 11.0 Å². The Labute approximate surface area is 201 Å². The minimum absolute atomic E-state index is 0.0878. The van der Waals surface area contributed by atoms with Gasteiger partial charge in [0.05, 0.1) is 11.8 Å². The lowest BCUT2D eigenvalue weighted by Crippen LogP contribution is -2.35. The van der Waals surface area contributed by atoms with E-state index in [-0.39, 0.29) is 11.9 Å². The van der Waals surface area contributed by atoms with Gasteiger partial charge in [-0.05, 0) is 49.2 Å². The molecule has 0 bridgehead atoms. The molecule has 2 N–H and O–H groups in total. The van der Waals surface area contributed by atoms with Crippen LogP contribution in [0.1, 0.15) is 20.8 Å². The lowest BCUT2D eigenvalue weighted by molar-refractivity contribution is 0.219. The first-order chi connectivity index (χ1) is 16.2. The third-order valence-corrected chi connectivity index (χ3v) is 4.66. The zero-order valence-corrected chi connectivity index (χ0v) is 20.5. The SMILES string of the molecule is C/C(Nc1ccc(Oc2ccccc2)cc1)=C(C#N)\C=N/N(C)/C=C(/NC(=O)N(C)C)C(C)C. The highest BCUT2D eigenvalue weighted by Crippen LogP contribution is 2.23. The number of hydrazone groups is 1. The van der Waals surface area contributed by atoms with E-state index in [4.69, 9.17) is 4.74 Å². The maximum absolute atomic E-state index is 12.0. The summed E-state index contributed by atoms with van der Waals surface area (Å²) in [6.07, 6.45) is 3.21. The summed E-state index contributed by atoms with van der Waals surface area (Å²) in [7, 11) is 5.10. The van der Waals surface area contributed by atoms with Crippen molar-refractivity contribution in [3.05, 3.63) is 77.8 Å². The highest BCUT2D eigenvalue weighted by atomic mass is 16.5. The van der Waals surface area contributed by atoms with E-state index >= 15 is 0 Å². The summed E-state index contributed by atoms with van der Waals surface area (Å²) in [5.74, 6) is 1.57. The van der Waals surface area contributed by atoms with Crippen LogP contribution >= 0.6 is 0 Å². The van der Waals surface area contributed by atoms with E-state index in [0.717, 1.165) is 17.2 Å². The van der Waals surface area contributed by atoms with Gasteiger partial charge in [-0.25, -0.2) is 4.79 Å². The van der Waals surface area contributed by atoms with Gasteiger partial charge in [-0.15, -0.1) is 0 Å². The molecule has 0 aliphatic heterocycles. The predicted molar refractivity (Wildman–Crippen MR) is 136 cm³/mol. The molecule has 0 unspecified atom stereocenters. The van der Waals surface area contributed by atoms with Gasteiger partial charge in [0.1, 0.15) is 17.6 Å². The summed E-state index contributed by atoms with van der Waals surface area (Å²) in [4.78, 5) is 13.4. The molecule has 0 aromatic heterocycles. The zero-order chi connectivity index (χ0) is 25.1. The van der Waals surface area contributed by atoms with Crippen LogP contribution in [0.3, 0.4) is 0 Å². The minimum atomic E-state index is -0.213. The van der Waals surface area contributed by atoms with Crippen LogP contribution < -0.4 is 15.4 Å². The van der Waals surface area contributed by atoms with Gasteiger partial charge in [0.25, 0.3) is 0 Å². The highest BCUT2D eigenvalue weighted by molar-refractivity contribution is 5.85. The predicted octanol–water partition coefficient (Wildman–Crippen LogP) is 5.37. The standard InChI is InChI=1S/C26H32N6O2/c1-19(2)25(30-26(33)31(4)5)18-32(6)28-17-21(16-27)20(3)29-22-12-14-24(15-13-22)34-23-10-8-7-9-11-23/h7-15,17-19,29H,1-6H3,(H,30,33)/b21-20+,25-18+,28-17-. The number of amides is 2. The number of nitrogens with zero attached hydrogens (tertiary/aromatic N) is 4. The maximum atomic E-state index is 12.0. The summed E-state index contributed by atoms with van der Waals surface area (Å²) in [5.41, 5.74) is 2.58. The number of allylic oxidation sites excluding steroid dienone is 3. The van der Waals surface area contributed by atoms with Crippen LogP contribution in [0.15, 0.2) is 82.9 Å². The van der Waals surface area contributed by atoms with E-state index in [1.807, 2.05) is 75.4 Å². The van der Waals surface area contributed by atoms with Crippen molar-refractivity contribution in [3.63, 3.8) is 0 Å². The maximum Gasteiger partial charge on any atom is 0.321 e. The van der Waals surface area contributed by atoms with Gasteiger partial charge in [0.15, 0.2) is 0 Å². The molecular formula is C26H32N6O2. The first-order valence-electron chi connectivity index (χ1n) is 10.9. The number of carbonyl (C=O) groups excluding carboxylic acids is 1. The van der Waals surface area contributed by atoms with Gasteiger partial charge in [0, 0.05) is 44.4 Å². The molecule has 0 atom stereocenters. The Bertz CT molecular complexity index is 1080. The van der Waals surface area contributed by atoms with Gasteiger partial charge in [-0.3, -0.25) is 5.01 Å². The summed E-state index contributed by atoms with van der Waals surface area (Å²) < 4.78 is 5.80. The van der Waals surface area contributed by atoms with E-state index in [2.05, 4.69) is 21.8 Å². The van der Waals surface area contributed by atoms with Crippen LogP contribution in [0, 0.1) is 17.2 Å². The summed E-state index contributed by atoms with van der Waals surface area (Å²) in [6.45, 7) is 5.76. The molecule has 2 amide bonds. The summed E-state index contributed by atoms with van der Waals surface area (Å²) >= 11 is 0. The lowest BCUT2D eigenvalue weighted by Gasteiger charge is -2.19. The van der Waals surface area contributed by atoms with Crippen LogP contribution in [-0.4, -0.2) is 43.3 Å². The van der Waals surface area contributed by atoms with Crippen molar-refractivity contribution in [1.29, 1.82) is 5.26 Å². The number of hydrogen-bond donors (Lipinski definition) is 2. The number of anilines is 1. The van der Waals surface area contributed by atoms with Crippen molar-refractivity contribution >= 4 is 17.9 Å². The molecular weight excluding hydrogens is 428 g/mol. The molecule has 0 spiro atoms. The van der Waals surface area contributed by atoms with E-state index < -0.39 is 0 Å². The summed E-state index contributed by atoms with van der Waals surface area (Å²) in [5, 5.41) is 21.5. The summed E-state index contributed by atoms with van der Waals surface area (Å²) in [6, 6.07) is 19.0. The number of carbonyl (C=O) groups is 1. The van der Waals surface area contributed by atoms with E-state index in [1.165, 1.54) is 11.1 Å². The third-order valence-electron chi connectivity index (χ3n) is 4.66. The Morgan fingerprint density at radius 3 is 2.24 bits per heavy atom. The molecule has 0 heterocycles. The molecule has 0 radical (unpaired) electrons. The Kier molecular flexibility index (Phi) is 9.72. The Balaban J connectivity index is 2.07. The number of nitriles is 1. The number of para-hydroxylation sites is 1. The van der Waals surface area contributed by atoms with Crippen LogP contribution in [0.2, 0.25) is 0 Å². The molecule has 2 rings (SSSR count). The molecule has 0 aliphatic carbocycles. The highest BCUT2D eigenvalue weighted by Gasteiger charge is 2.10. The quantitative estimate of drug-likeness (QED) is 0.298. The third kappa shape index (κ3) is 8.36. The van der Waals surface area contributed by atoms with Crippen LogP contribution in [0.4, 0.5) is 10.5 Å². The van der Waals surface area contributed by atoms with Gasteiger partial charge in [0.2, 0.25) is 0 Å². The van der Waals surface area contributed by atoms with Gasteiger partial charge in [-0.2, -0.15) is 10.4 Å². The number of urea groups is 1. The lowest BCUT2D eigenvalue weighted by atomic mass is 10.1. The first kappa shape index (κ1) is 26.0. The molecule has 178 valence electrons. The average molecular weight is 461 g/mol. The second kappa shape index (κ2) is 12.7. The number of ether oxygens (including phenoxy) is 1. The largest absolute Gasteiger partial charge is 0.457 e. The molecule has 34 heavy (non-hydrogen) atoms. The Hall–Kier alpha value is -4.25. The van der Waals surface area contributed by atoms with Crippen molar-refractivity contribution < 1.29 is 9.53 Å². The van der Waals surface area contributed by atoms with E-state index in [9.17, 15) is 10.1 Å². The topological polar surface area (TPSA) is 93.0 Å². The van der Waals surface area contributed by atoms with Gasteiger partial charge < -0.3 is 20.3 Å². The molecule has 0 saturated carbocycles. The molecule has 2 aromatic rings. The van der Waals surface area contributed by atoms with E-state index in [1.54, 1.807) is 32.4 Å². The zero-order valence-electron chi connectivity index (χ0n) is 20.5. The average Bonchev–Trinajstić information content (AvgIpc) is 2.80. The first-order valence-corrected chi connectivity index (χ1v) is 10.9. The van der Waals surface area contributed by atoms with Crippen LogP contribution in [-0.2, 0) is 0 Å². The second-order valence-electron chi connectivity index (χ2n) is 8.10. The molecule has 8 heteroatoms. The smallest absolute Gasteiger partial charge is 0.321 e. The molecule has 0 fully saturated rings. The minimum Gasteiger partial charge on any atom is -0.457 e. The Morgan fingerprint density at radius 2 is 1.68 bits per heavy atom. The van der Waals surface area contributed by atoms with Crippen LogP contribution in [0.5, 0.6) is 11.5 Å². The van der Waals surface area contributed by atoms with Crippen LogP contribution in [0.25, 0.3) is 0 Å². The fourth-order valence-corrected chi connectivity index (χ4v) is 2.67. The number of benzene rings is 2. The van der Waals surface area contributed by atoms with E-state index in [0.29, 0.717) is 17.0 Å². The van der Waals surface area contributed by atoms with Crippen molar-refractivity contribution in [2.75, 3.05) is 26.5 Å². The molecule has 8 nitrogen and oxygen atoms in total. The normalized spacial score (nSPS) is 12.1. The fraction of sp³-hybridized carbons (Fsp3) is 0.269. The van der Waals surface area contributed by atoms with Gasteiger partial charge >= 0.3 is 6.03 Å². The van der Waals surface area contributed by atoms with Crippen molar-refractivity contribution in [2.45, 2.75) is 20.8 Å². The molecule has 0 aliphatic rings. The number of rotatable bonds is 9.